The first-order chi connectivity index (χ1) is 10.5. The van der Waals surface area contributed by atoms with E-state index in [9.17, 15) is 13.2 Å². The van der Waals surface area contributed by atoms with Crippen LogP contribution in [0.5, 0.6) is 0 Å². The van der Waals surface area contributed by atoms with Crippen LogP contribution in [0.2, 0.25) is 0 Å². The molecular weight excluding hydrogens is 299 g/mol. The molecule has 1 saturated heterocycles. The number of hydrogen-bond donors (Lipinski definition) is 2. The highest BCUT2D eigenvalue weighted by Gasteiger charge is 2.33. The first kappa shape index (κ1) is 16.8. The summed E-state index contributed by atoms with van der Waals surface area (Å²) >= 11 is 0. The normalized spacial score (nSPS) is 16.5. The molecule has 124 valence electrons. The van der Waals surface area contributed by atoms with Crippen molar-refractivity contribution in [2.24, 2.45) is 0 Å². The standard InChI is InChI=1S/C13H20F3N5O/c1-2-17-12-19-10(13(14,15)16)9-11(20-12)18-3-4-21-5-7-22-8-6-21/h9H,2-8H2,1H3,(H2,17,18,19,20). The second-order valence-electron chi connectivity index (χ2n) is 4.87. The second kappa shape index (κ2) is 7.59. The van der Waals surface area contributed by atoms with Crippen LogP contribution < -0.4 is 10.6 Å². The van der Waals surface area contributed by atoms with Crippen molar-refractivity contribution in [3.8, 4) is 0 Å². The quantitative estimate of drug-likeness (QED) is 0.832. The Bertz CT molecular complexity index is 477. The number of rotatable bonds is 6. The molecule has 1 aliphatic rings. The van der Waals surface area contributed by atoms with E-state index in [2.05, 4.69) is 25.5 Å². The predicted molar refractivity (Wildman–Crippen MR) is 76.9 cm³/mol. The number of hydrogen-bond acceptors (Lipinski definition) is 6. The van der Waals surface area contributed by atoms with Crippen LogP contribution in [0, 0.1) is 0 Å². The summed E-state index contributed by atoms with van der Waals surface area (Å²) in [6.07, 6.45) is -4.49. The summed E-state index contributed by atoms with van der Waals surface area (Å²) in [5, 5.41) is 5.64. The van der Waals surface area contributed by atoms with Gasteiger partial charge in [-0.3, -0.25) is 4.90 Å². The molecule has 9 heteroatoms. The van der Waals surface area contributed by atoms with Gasteiger partial charge in [-0.25, -0.2) is 4.98 Å². The third-order valence-electron chi connectivity index (χ3n) is 3.19. The van der Waals surface area contributed by atoms with Crippen LogP contribution in [0.4, 0.5) is 24.9 Å². The van der Waals surface area contributed by atoms with E-state index in [1.54, 1.807) is 6.92 Å². The molecule has 2 N–H and O–H groups in total. The van der Waals surface area contributed by atoms with Crippen molar-refractivity contribution >= 4 is 11.8 Å². The number of aromatic nitrogens is 2. The van der Waals surface area contributed by atoms with Crippen LogP contribution in [0.25, 0.3) is 0 Å². The van der Waals surface area contributed by atoms with Gasteiger partial charge in [-0.2, -0.15) is 18.2 Å². The van der Waals surface area contributed by atoms with E-state index >= 15 is 0 Å². The Morgan fingerprint density at radius 1 is 1.23 bits per heavy atom. The monoisotopic (exact) mass is 319 g/mol. The van der Waals surface area contributed by atoms with Gasteiger partial charge in [-0.15, -0.1) is 0 Å². The Morgan fingerprint density at radius 2 is 1.95 bits per heavy atom. The van der Waals surface area contributed by atoms with Crippen molar-refractivity contribution in [1.29, 1.82) is 0 Å². The summed E-state index contributed by atoms with van der Waals surface area (Å²) in [6, 6.07) is 0.931. The minimum Gasteiger partial charge on any atom is -0.379 e. The molecule has 0 radical (unpaired) electrons. The summed E-state index contributed by atoms with van der Waals surface area (Å²) in [6.45, 7) is 6.52. The van der Waals surface area contributed by atoms with Crippen molar-refractivity contribution in [3.05, 3.63) is 11.8 Å². The molecule has 0 bridgehead atoms. The Morgan fingerprint density at radius 3 is 2.59 bits per heavy atom. The average molecular weight is 319 g/mol. The summed E-state index contributed by atoms with van der Waals surface area (Å²) in [7, 11) is 0. The average Bonchev–Trinajstić information content (AvgIpc) is 2.48. The maximum absolute atomic E-state index is 12.8. The van der Waals surface area contributed by atoms with Gasteiger partial charge in [0.15, 0.2) is 5.69 Å². The maximum Gasteiger partial charge on any atom is 0.433 e. The molecule has 22 heavy (non-hydrogen) atoms. The molecule has 1 aromatic heterocycles. The summed E-state index contributed by atoms with van der Waals surface area (Å²) < 4.78 is 43.7. The summed E-state index contributed by atoms with van der Waals surface area (Å²) in [5.41, 5.74) is -0.952. The summed E-state index contributed by atoms with van der Waals surface area (Å²) in [4.78, 5) is 9.71. The van der Waals surface area contributed by atoms with Crippen LogP contribution in [0.3, 0.4) is 0 Å². The maximum atomic E-state index is 12.8. The van der Waals surface area contributed by atoms with Gasteiger partial charge in [0.05, 0.1) is 13.2 Å². The van der Waals surface area contributed by atoms with E-state index in [-0.39, 0.29) is 11.8 Å². The molecule has 0 aliphatic carbocycles. The molecule has 0 spiro atoms. The smallest absolute Gasteiger partial charge is 0.379 e. The third kappa shape index (κ3) is 4.99. The molecule has 0 amide bonds. The van der Waals surface area contributed by atoms with Crippen LogP contribution in [-0.4, -0.2) is 60.8 Å². The molecule has 0 unspecified atom stereocenters. The molecule has 2 heterocycles. The molecule has 0 aromatic carbocycles. The molecule has 6 nitrogen and oxygen atoms in total. The van der Waals surface area contributed by atoms with E-state index < -0.39 is 11.9 Å². The highest BCUT2D eigenvalue weighted by Crippen LogP contribution is 2.29. The zero-order valence-electron chi connectivity index (χ0n) is 12.4. The number of nitrogens with zero attached hydrogens (tertiary/aromatic N) is 3. The number of anilines is 2. The number of morpholine rings is 1. The lowest BCUT2D eigenvalue weighted by molar-refractivity contribution is -0.141. The Kier molecular flexibility index (Phi) is 5.78. The van der Waals surface area contributed by atoms with Crippen molar-refractivity contribution in [1.82, 2.24) is 14.9 Å². The number of halogens is 3. The zero-order chi connectivity index (χ0) is 16.0. The van der Waals surface area contributed by atoms with Crippen molar-refractivity contribution in [2.75, 3.05) is 56.6 Å². The molecule has 1 aliphatic heterocycles. The van der Waals surface area contributed by atoms with Gasteiger partial charge in [0.25, 0.3) is 0 Å². The summed E-state index contributed by atoms with van der Waals surface area (Å²) in [5.74, 6) is 0.151. The molecule has 0 saturated carbocycles. The number of ether oxygens (including phenoxy) is 1. The fourth-order valence-corrected chi connectivity index (χ4v) is 2.09. The predicted octanol–water partition coefficient (Wildman–Crippen LogP) is 1.67. The topological polar surface area (TPSA) is 62.3 Å². The SMILES string of the molecule is CCNc1nc(NCCN2CCOCC2)cc(C(F)(F)F)n1. The van der Waals surface area contributed by atoms with Gasteiger partial charge in [0.2, 0.25) is 5.95 Å². The van der Waals surface area contributed by atoms with Gasteiger partial charge < -0.3 is 15.4 Å². The first-order valence-electron chi connectivity index (χ1n) is 7.23. The van der Waals surface area contributed by atoms with Crippen molar-refractivity contribution in [2.45, 2.75) is 13.1 Å². The lowest BCUT2D eigenvalue weighted by Crippen LogP contribution is -2.39. The van der Waals surface area contributed by atoms with Crippen LogP contribution in [0.15, 0.2) is 6.07 Å². The fraction of sp³-hybridized carbons (Fsp3) is 0.692. The van der Waals surface area contributed by atoms with Crippen LogP contribution in [0.1, 0.15) is 12.6 Å². The van der Waals surface area contributed by atoms with Crippen LogP contribution >= 0.6 is 0 Å². The van der Waals surface area contributed by atoms with Gasteiger partial charge >= 0.3 is 6.18 Å². The van der Waals surface area contributed by atoms with E-state index in [1.807, 2.05) is 0 Å². The molecule has 1 aromatic rings. The first-order valence-corrected chi connectivity index (χ1v) is 7.23. The van der Waals surface area contributed by atoms with E-state index in [0.29, 0.717) is 26.3 Å². The van der Waals surface area contributed by atoms with E-state index in [0.717, 1.165) is 25.7 Å². The minimum absolute atomic E-state index is 0.0220. The largest absolute Gasteiger partial charge is 0.433 e. The Hall–Kier alpha value is -1.61. The Labute approximate surface area is 127 Å². The van der Waals surface area contributed by atoms with Crippen molar-refractivity contribution in [3.63, 3.8) is 0 Å². The molecular formula is C13H20F3N5O. The molecule has 1 fully saturated rings. The van der Waals surface area contributed by atoms with Gasteiger partial charge in [-0.1, -0.05) is 0 Å². The molecule has 2 rings (SSSR count). The highest BCUT2D eigenvalue weighted by molar-refractivity contribution is 5.43. The minimum atomic E-state index is -4.49. The fourth-order valence-electron chi connectivity index (χ4n) is 2.09. The van der Waals surface area contributed by atoms with Gasteiger partial charge in [0, 0.05) is 38.8 Å². The molecule has 0 atom stereocenters. The van der Waals surface area contributed by atoms with E-state index in [4.69, 9.17) is 4.74 Å². The second-order valence-corrected chi connectivity index (χ2v) is 4.87. The highest BCUT2D eigenvalue weighted by atomic mass is 19.4. The number of alkyl halides is 3. The third-order valence-corrected chi connectivity index (χ3v) is 3.19. The lowest BCUT2D eigenvalue weighted by Gasteiger charge is -2.26. The zero-order valence-corrected chi connectivity index (χ0v) is 12.4. The van der Waals surface area contributed by atoms with Gasteiger partial charge in [-0.05, 0) is 6.92 Å². The van der Waals surface area contributed by atoms with Crippen molar-refractivity contribution < 1.29 is 17.9 Å². The number of nitrogens with one attached hydrogen (secondary N) is 2. The lowest BCUT2D eigenvalue weighted by atomic mass is 10.3. The van der Waals surface area contributed by atoms with E-state index in [1.165, 1.54) is 0 Å². The van der Waals surface area contributed by atoms with Gasteiger partial charge in [0.1, 0.15) is 5.82 Å². The van der Waals surface area contributed by atoms with Crippen LogP contribution in [-0.2, 0) is 10.9 Å². The Balaban J connectivity index is 1.97.